The molecular formula is C13H16O4. The zero-order chi connectivity index (χ0) is 11.9. The minimum Gasteiger partial charge on any atom is -0.494 e. The van der Waals surface area contributed by atoms with Gasteiger partial charge in [0, 0.05) is 6.42 Å². The molecule has 4 heteroatoms. The number of hydrogen-bond acceptors (Lipinski definition) is 4. The van der Waals surface area contributed by atoms with Crippen LogP contribution in [0.2, 0.25) is 0 Å². The lowest BCUT2D eigenvalue weighted by Crippen LogP contribution is -2.09. The van der Waals surface area contributed by atoms with Gasteiger partial charge >= 0.3 is 0 Å². The lowest BCUT2D eigenvalue weighted by molar-refractivity contribution is -0.0310. The first-order valence-corrected chi connectivity index (χ1v) is 5.67. The lowest BCUT2D eigenvalue weighted by Gasteiger charge is -2.11. The van der Waals surface area contributed by atoms with Crippen molar-refractivity contribution in [2.75, 3.05) is 6.61 Å². The molecular weight excluding hydrogens is 220 g/mol. The number of aliphatic hydroxyl groups is 1. The molecule has 0 aliphatic carbocycles. The molecule has 0 amide bonds. The van der Waals surface area contributed by atoms with Crippen LogP contribution < -0.4 is 4.74 Å². The molecule has 0 aromatic heterocycles. The van der Waals surface area contributed by atoms with Gasteiger partial charge in [-0.15, -0.1) is 0 Å². The molecule has 1 N–H and O–H groups in total. The van der Waals surface area contributed by atoms with Crippen molar-refractivity contribution in [2.45, 2.75) is 25.7 Å². The normalized spacial score (nSPS) is 14.4. The zero-order valence-electron chi connectivity index (χ0n) is 9.54. The van der Waals surface area contributed by atoms with E-state index < -0.39 is 0 Å². The monoisotopic (exact) mass is 236 g/mol. The topological polar surface area (TPSA) is 47.9 Å². The van der Waals surface area contributed by atoms with Crippen LogP contribution in [0.25, 0.3) is 0 Å². The van der Waals surface area contributed by atoms with Gasteiger partial charge in [-0.25, -0.2) is 0 Å². The van der Waals surface area contributed by atoms with E-state index in [0.717, 1.165) is 24.2 Å². The molecule has 1 aliphatic heterocycles. The highest BCUT2D eigenvalue weighted by Crippen LogP contribution is 2.15. The standard InChI is InChI=1S/C13H16O4/c14-10-11-3-1-4-12(9-11)15-6-2-5-13-16-7-8-17-13/h1,3-4,7-9,13-14H,2,5-6,10H2. The fourth-order valence-corrected chi connectivity index (χ4v) is 1.58. The van der Waals surface area contributed by atoms with Crippen LogP contribution in [-0.4, -0.2) is 18.0 Å². The van der Waals surface area contributed by atoms with E-state index in [4.69, 9.17) is 19.3 Å². The first kappa shape index (κ1) is 11.8. The molecule has 0 saturated carbocycles. The van der Waals surface area contributed by atoms with E-state index in [-0.39, 0.29) is 12.9 Å². The maximum absolute atomic E-state index is 8.98. The Morgan fingerprint density at radius 1 is 1.24 bits per heavy atom. The van der Waals surface area contributed by atoms with E-state index in [9.17, 15) is 0 Å². The summed E-state index contributed by atoms with van der Waals surface area (Å²) in [4.78, 5) is 0. The minimum atomic E-state index is -0.164. The van der Waals surface area contributed by atoms with E-state index in [1.54, 1.807) is 12.5 Å². The maximum Gasteiger partial charge on any atom is 0.239 e. The zero-order valence-corrected chi connectivity index (χ0v) is 9.54. The summed E-state index contributed by atoms with van der Waals surface area (Å²) in [5, 5.41) is 8.98. The lowest BCUT2D eigenvalue weighted by atomic mass is 10.2. The second-order valence-electron chi connectivity index (χ2n) is 3.77. The third kappa shape index (κ3) is 3.67. The van der Waals surface area contributed by atoms with E-state index in [0.29, 0.717) is 6.61 Å². The Morgan fingerprint density at radius 2 is 2.06 bits per heavy atom. The average molecular weight is 236 g/mol. The molecule has 92 valence electrons. The second-order valence-corrected chi connectivity index (χ2v) is 3.77. The van der Waals surface area contributed by atoms with Gasteiger partial charge in [-0.3, -0.25) is 0 Å². The molecule has 1 aliphatic rings. The van der Waals surface area contributed by atoms with Crippen LogP contribution >= 0.6 is 0 Å². The average Bonchev–Trinajstić information content (AvgIpc) is 2.88. The van der Waals surface area contributed by atoms with Crippen molar-refractivity contribution in [3.63, 3.8) is 0 Å². The smallest absolute Gasteiger partial charge is 0.239 e. The molecule has 0 bridgehead atoms. The van der Waals surface area contributed by atoms with Crippen molar-refractivity contribution in [3.05, 3.63) is 42.4 Å². The van der Waals surface area contributed by atoms with Gasteiger partial charge in [-0.1, -0.05) is 12.1 Å². The van der Waals surface area contributed by atoms with Crippen molar-refractivity contribution >= 4 is 0 Å². The van der Waals surface area contributed by atoms with Crippen LogP contribution in [0.4, 0.5) is 0 Å². The van der Waals surface area contributed by atoms with Crippen LogP contribution in [0.5, 0.6) is 5.75 Å². The molecule has 0 spiro atoms. The molecule has 0 radical (unpaired) electrons. The SMILES string of the molecule is OCc1cccc(OCCCC2OC=CO2)c1. The third-order valence-corrected chi connectivity index (χ3v) is 2.45. The summed E-state index contributed by atoms with van der Waals surface area (Å²) in [6.07, 6.45) is 4.59. The van der Waals surface area contributed by atoms with Gasteiger partial charge in [0.25, 0.3) is 0 Å². The molecule has 4 nitrogen and oxygen atoms in total. The number of ether oxygens (including phenoxy) is 3. The second kappa shape index (κ2) is 6.15. The molecule has 1 aromatic carbocycles. The predicted molar refractivity (Wildman–Crippen MR) is 62.2 cm³/mol. The van der Waals surface area contributed by atoms with Crippen LogP contribution in [0.15, 0.2) is 36.8 Å². The Hall–Kier alpha value is -1.68. The van der Waals surface area contributed by atoms with Gasteiger partial charge in [-0.05, 0) is 24.1 Å². The first-order valence-electron chi connectivity index (χ1n) is 5.67. The van der Waals surface area contributed by atoms with Crippen molar-refractivity contribution in [1.82, 2.24) is 0 Å². The van der Waals surface area contributed by atoms with Gasteiger partial charge in [0.05, 0.1) is 13.2 Å². The molecule has 2 rings (SSSR count). The van der Waals surface area contributed by atoms with Crippen molar-refractivity contribution < 1.29 is 19.3 Å². The summed E-state index contributed by atoms with van der Waals surface area (Å²) in [5.74, 6) is 0.780. The fraction of sp³-hybridized carbons (Fsp3) is 0.385. The fourth-order valence-electron chi connectivity index (χ4n) is 1.58. The van der Waals surface area contributed by atoms with E-state index in [2.05, 4.69) is 0 Å². The van der Waals surface area contributed by atoms with Gasteiger partial charge < -0.3 is 19.3 Å². The first-order chi connectivity index (χ1) is 8.38. The number of rotatable bonds is 6. The van der Waals surface area contributed by atoms with Crippen molar-refractivity contribution in [3.8, 4) is 5.75 Å². The van der Waals surface area contributed by atoms with E-state index in [1.807, 2.05) is 24.3 Å². The highest BCUT2D eigenvalue weighted by molar-refractivity contribution is 5.27. The Bertz CT molecular complexity index is 367. The molecule has 1 heterocycles. The number of hydrogen-bond donors (Lipinski definition) is 1. The highest BCUT2D eigenvalue weighted by Gasteiger charge is 2.11. The Morgan fingerprint density at radius 3 is 2.82 bits per heavy atom. The summed E-state index contributed by atoms with van der Waals surface area (Å²) < 4.78 is 15.9. The molecule has 0 fully saturated rings. The molecule has 0 unspecified atom stereocenters. The third-order valence-electron chi connectivity index (χ3n) is 2.45. The summed E-state index contributed by atoms with van der Waals surface area (Å²) in [7, 11) is 0. The molecule has 0 atom stereocenters. The largest absolute Gasteiger partial charge is 0.494 e. The maximum atomic E-state index is 8.98. The number of benzene rings is 1. The van der Waals surface area contributed by atoms with Crippen molar-refractivity contribution in [1.29, 1.82) is 0 Å². The van der Waals surface area contributed by atoms with Gasteiger partial charge in [0.15, 0.2) is 0 Å². The summed E-state index contributed by atoms with van der Waals surface area (Å²) in [6, 6.07) is 7.44. The predicted octanol–water partition coefficient (Wildman–Crippen LogP) is 2.18. The van der Waals surface area contributed by atoms with Gasteiger partial charge in [0.2, 0.25) is 6.29 Å². The Labute approximate surface area is 100 Å². The van der Waals surface area contributed by atoms with Crippen LogP contribution in [0.3, 0.4) is 0 Å². The molecule has 17 heavy (non-hydrogen) atoms. The van der Waals surface area contributed by atoms with Crippen LogP contribution in [-0.2, 0) is 16.1 Å². The van der Waals surface area contributed by atoms with Crippen LogP contribution in [0.1, 0.15) is 18.4 Å². The summed E-state index contributed by atoms with van der Waals surface area (Å²) in [5.41, 5.74) is 0.856. The summed E-state index contributed by atoms with van der Waals surface area (Å²) in [6.45, 7) is 0.644. The quantitative estimate of drug-likeness (QED) is 0.769. The number of aliphatic hydroxyl groups excluding tert-OH is 1. The molecule has 0 saturated heterocycles. The van der Waals surface area contributed by atoms with Gasteiger partial charge in [0.1, 0.15) is 18.3 Å². The van der Waals surface area contributed by atoms with Gasteiger partial charge in [-0.2, -0.15) is 0 Å². The van der Waals surface area contributed by atoms with Crippen LogP contribution in [0, 0.1) is 0 Å². The molecule has 1 aromatic rings. The Kier molecular flexibility index (Phi) is 4.27. The summed E-state index contributed by atoms with van der Waals surface area (Å²) >= 11 is 0. The van der Waals surface area contributed by atoms with E-state index >= 15 is 0 Å². The van der Waals surface area contributed by atoms with Crippen molar-refractivity contribution in [2.24, 2.45) is 0 Å². The Balaban J connectivity index is 1.66. The highest BCUT2D eigenvalue weighted by atomic mass is 16.7. The van der Waals surface area contributed by atoms with E-state index in [1.165, 1.54) is 0 Å². The minimum absolute atomic E-state index is 0.0343.